The van der Waals surface area contributed by atoms with Crippen molar-refractivity contribution in [1.82, 2.24) is 4.98 Å². The number of nitrogens with zero attached hydrogens (tertiary/aromatic N) is 3. The Kier molecular flexibility index (Phi) is 6.40. The normalized spacial score (nSPS) is 10.9. The number of aromatic nitrogens is 1. The van der Waals surface area contributed by atoms with Crippen molar-refractivity contribution >= 4 is 45.7 Å². The summed E-state index contributed by atoms with van der Waals surface area (Å²) in [5.74, 6) is -0.688. The molecule has 0 atom stereocenters. The lowest BCUT2D eigenvalue weighted by Crippen LogP contribution is -2.22. The maximum atomic E-state index is 12.6. The average Bonchev–Trinajstić information content (AvgIpc) is 3.18. The number of carbonyl (C=O) groups is 2. The van der Waals surface area contributed by atoms with Gasteiger partial charge in [0.15, 0.2) is 5.13 Å². The van der Waals surface area contributed by atoms with Gasteiger partial charge in [-0.1, -0.05) is 30.3 Å². The SMILES string of the molecule is CC(=O)N(c1ccccc1)c1nc(/C=C(\C#N)C(=O)Nc2cccc(C)c2C)cs1. The lowest BCUT2D eigenvalue weighted by atomic mass is 10.1. The number of nitriles is 1. The van der Waals surface area contributed by atoms with Gasteiger partial charge in [-0.25, -0.2) is 4.98 Å². The first kappa shape index (κ1) is 21.0. The second-order valence-corrected chi connectivity index (χ2v) is 7.45. The van der Waals surface area contributed by atoms with Crippen molar-refractivity contribution in [2.45, 2.75) is 20.8 Å². The van der Waals surface area contributed by atoms with Crippen molar-refractivity contribution < 1.29 is 9.59 Å². The third kappa shape index (κ3) is 4.62. The van der Waals surface area contributed by atoms with Gasteiger partial charge in [0, 0.05) is 18.0 Å². The zero-order valence-corrected chi connectivity index (χ0v) is 17.7. The first-order valence-corrected chi connectivity index (χ1v) is 10.1. The number of rotatable bonds is 5. The molecule has 30 heavy (non-hydrogen) atoms. The van der Waals surface area contributed by atoms with E-state index in [4.69, 9.17) is 0 Å². The van der Waals surface area contributed by atoms with Gasteiger partial charge in [-0.05, 0) is 49.2 Å². The minimum absolute atomic E-state index is 0.0677. The van der Waals surface area contributed by atoms with Gasteiger partial charge in [-0.3, -0.25) is 14.5 Å². The highest BCUT2D eigenvalue weighted by Gasteiger charge is 2.18. The monoisotopic (exact) mass is 416 g/mol. The van der Waals surface area contributed by atoms with Crippen molar-refractivity contribution in [2.24, 2.45) is 0 Å². The molecule has 7 heteroatoms. The zero-order valence-electron chi connectivity index (χ0n) is 16.8. The number of anilines is 3. The summed E-state index contributed by atoms with van der Waals surface area (Å²) in [5.41, 5.74) is 3.71. The summed E-state index contributed by atoms with van der Waals surface area (Å²) in [4.78, 5) is 30.7. The third-order valence-corrected chi connectivity index (χ3v) is 5.38. The Bertz CT molecular complexity index is 1160. The maximum absolute atomic E-state index is 12.6. The highest BCUT2D eigenvalue weighted by Crippen LogP contribution is 2.29. The summed E-state index contributed by atoms with van der Waals surface area (Å²) >= 11 is 1.26. The van der Waals surface area contributed by atoms with Crippen molar-refractivity contribution in [3.63, 3.8) is 0 Å². The largest absolute Gasteiger partial charge is 0.321 e. The number of carbonyl (C=O) groups excluding carboxylic acids is 2. The van der Waals surface area contributed by atoms with Crippen molar-refractivity contribution in [3.8, 4) is 6.07 Å². The highest BCUT2D eigenvalue weighted by atomic mass is 32.1. The Hall–Kier alpha value is -3.76. The van der Waals surface area contributed by atoms with Crippen LogP contribution < -0.4 is 10.2 Å². The molecular weight excluding hydrogens is 396 g/mol. The standard InChI is InChI=1S/C23H20N4O2S/c1-15-8-7-11-21(16(15)2)26-22(29)18(13-24)12-19-14-30-23(25-19)27(17(3)28)20-9-5-4-6-10-20/h4-12,14H,1-3H3,(H,26,29)/b18-12+. The summed E-state index contributed by atoms with van der Waals surface area (Å²) < 4.78 is 0. The van der Waals surface area contributed by atoms with Crippen LogP contribution in [0.15, 0.2) is 59.5 Å². The second-order valence-electron chi connectivity index (χ2n) is 6.62. The number of aryl methyl sites for hydroxylation is 1. The van der Waals surface area contributed by atoms with E-state index in [0.29, 0.717) is 22.2 Å². The quantitative estimate of drug-likeness (QED) is 0.469. The Morgan fingerprint density at radius 1 is 1.13 bits per heavy atom. The predicted octanol–water partition coefficient (Wildman–Crippen LogP) is 4.99. The first-order valence-electron chi connectivity index (χ1n) is 9.21. The second kappa shape index (κ2) is 9.16. The lowest BCUT2D eigenvalue weighted by Gasteiger charge is -2.17. The molecule has 0 unspecified atom stereocenters. The van der Waals surface area contributed by atoms with E-state index in [-0.39, 0.29) is 11.5 Å². The van der Waals surface area contributed by atoms with E-state index in [0.717, 1.165) is 11.1 Å². The lowest BCUT2D eigenvalue weighted by molar-refractivity contribution is -0.116. The van der Waals surface area contributed by atoms with Gasteiger partial charge in [0.1, 0.15) is 11.6 Å². The van der Waals surface area contributed by atoms with Crippen LogP contribution in [0.4, 0.5) is 16.5 Å². The molecule has 1 aromatic heterocycles. The molecule has 1 N–H and O–H groups in total. The van der Waals surface area contributed by atoms with Crippen molar-refractivity contribution in [1.29, 1.82) is 5.26 Å². The molecule has 0 spiro atoms. The highest BCUT2D eigenvalue weighted by molar-refractivity contribution is 7.14. The van der Waals surface area contributed by atoms with Crippen LogP contribution in [-0.4, -0.2) is 16.8 Å². The fraction of sp³-hybridized carbons (Fsp3) is 0.130. The minimum Gasteiger partial charge on any atom is -0.321 e. The molecule has 6 nitrogen and oxygen atoms in total. The number of para-hydroxylation sites is 1. The van der Waals surface area contributed by atoms with Gasteiger partial charge >= 0.3 is 0 Å². The summed E-state index contributed by atoms with van der Waals surface area (Å²) in [5, 5.41) is 14.4. The van der Waals surface area contributed by atoms with Gasteiger partial charge in [0.25, 0.3) is 5.91 Å². The Labute approximate surface area is 179 Å². The molecule has 150 valence electrons. The van der Waals surface area contributed by atoms with Gasteiger partial charge < -0.3 is 5.32 Å². The summed E-state index contributed by atoms with van der Waals surface area (Å²) in [6.07, 6.45) is 1.42. The smallest absolute Gasteiger partial charge is 0.266 e. The summed E-state index contributed by atoms with van der Waals surface area (Å²) in [7, 11) is 0. The molecule has 2 amide bonds. The molecule has 1 heterocycles. The van der Waals surface area contributed by atoms with E-state index >= 15 is 0 Å². The molecule has 2 aromatic carbocycles. The van der Waals surface area contributed by atoms with Crippen LogP contribution >= 0.6 is 11.3 Å². The van der Waals surface area contributed by atoms with Gasteiger partial charge in [0.2, 0.25) is 5.91 Å². The average molecular weight is 417 g/mol. The Balaban J connectivity index is 1.86. The number of amides is 2. The number of hydrogen-bond acceptors (Lipinski definition) is 5. The third-order valence-electron chi connectivity index (χ3n) is 4.54. The Morgan fingerprint density at radius 3 is 2.53 bits per heavy atom. The van der Waals surface area contributed by atoms with Crippen LogP contribution in [0.3, 0.4) is 0 Å². The van der Waals surface area contributed by atoms with Crippen molar-refractivity contribution in [3.05, 3.63) is 76.3 Å². The van der Waals surface area contributed by atoms with Crippen molar-refractivity contribution in [2.75, 3.05) is 10.2 Å². The molecule has 3 aromatic rings. The predicted molar refractivity (Wildman–Crippen MR) is 120 cm³/mol. The molecule has 0 saturated heterocycles. The number of nitrogens with one attached hydrogen (secondary N) is 1. The molecule has 0 radical (unpaired) electrons. The summed E-state index contributed by atoms with van der Waals surface area (Å²) in [6.45, 7) is 5.33. The first-order chi connectivity index (χ1) is 14.4. The molecular formula is C23H20N4O2S. The fourth-order valence-electron chi connectivity index (χ4n) is 2.82. The molecule has 0 saturated carbocycles. The van der Waals surface area contributed by atoms with Crippen LogP contribution in [0.2, 0.25) is 0 Å². The molecule has 0 aliphatic carbocycles. The van der Waals surface area contributed by atoms with Crippen LogP contribution in [0.5, 0.6) is 0 Å². The van der Waals surface area contributed by atoms with Crippen LogP contribution in [0, 0.1) is 25.2 Å². The van der Waals surface area contributed by atoms with E-state index in [9.17, 15) is 14.9 Å². The van der Waals surface area contributed by atoms with E-state index in [2.05, 4.69) is 10.3 Å². The number of hydrogen-bond donors (Lipinski definition) is 1. The Morgan fingerprint density at radius 2 is 1.87 bits per heavy atom. The van der Waals surface area contributed by atoms with E-state index in [1.165, 1.54) is 29.2 Å². The van der Waals surface area contributed by atoms with Crippen LogP contribution in [0.1, 0.15) is 23.7 Å². The van der Waals surface area contributed by atoms with Gasteiger partial charge in [-0.2, -0.15) is 5.26 Å². The molecule has 0 aliphatic heterocycles. The van der Waals surface area contributed by atoms with Crippen LogP contribution in [0.25, 0.3) is 6.08 Å². The molecule has 3 rings (SSSR count). The van der Waals surface area contributed by atoms with Crippen LogP contribution in [-0.2, 0) is 9.59 Å². The summed E-state index contributed by atoms with van der Waals surface area (Å²) in [6, 6.07) is 16.7. The van der Waals surface area contributed by atoms with Gasteiger partial charge in [0.05, 0.1) is 11.4 Å². The molecule has 0 aliphatic rings. The van der Waals surface area contributed by atoms with E-state index in [1.54, 1.807) is 11.4 Å². The van der Waals surface area contributed by atoms with E-state index in [1.807, 2.05) is 62.4 Å². The van der Waals surface area contributed by atoms with Gasteiger partial charge in [-0.15, -0.1) is 11.3 Å². The zero-order chi connectivity index (χ0) is 21.7. The molecule has 0 fully saturated rings. The topological polar surface area (TPSA) is 86.1 Å². The maximum Gasteiger partial charge on any atom is 0.266 e. The number of thiazole rings is 1. The fourth-order valence-corrected chi connectivity index (χ4v) is 3.67. The minimum atomic E-state index is -0.507. The molecule has 0 bridgehead atoms. The van der Waals surface area contributed by atoms with E-state index < -0.39 is 5.91 Å². The number of benzene rings is 2.